The summed E-state index contributed by atoms with van der Waals surface area (Å²) in [5, 5.41) is 18.9. The highest BCUT2D eigenvalue weighted by molar-refractivity contribution is 7.19. The van der Waals surface area contributed by atoms with Crippen molar-refractivity contribution in [2.24, 2.45) is 0 Å². The van der Waals surface area contributed by atoms with Crippen LogP contribution < -0.4 is 10.1 Å². The molecule has 0 aliphatic carbocycles. The summed E-state index contributed by atoms with van der Waals surface area (Å²) in [5.41, 5.74) is 3.08. The second kappa shape index (κ2) is 8.05. The molecule has 0 atom stereocenters. The first-order valence-electron chi connectivity index (χ1n) is 10.3. The highest BCUT2D eigenvalue weighted by Gasteiger charge is 2.17. The largest absolute Gasteiger partial charge is 0.496 e. The molecule has 32 heavy (non-hydrogen) atoms. The Hall–Kier alpha value is -3.78. The Balaban J connectivity index is 1.49. The van der Waals surface area contributed by atoms with E-state index in [1.165, 1.54) is 11.3 Å². The second-order valence-corrected chi connectivity index (χ2v) is 8.41. The van der Waals surface area contributed by atoms with Crippen molar-refractivity contribution in [1.29, 1.82) is 0 Å². The molecule has 7 nitrogen and oxygen atoms in total. The van der Waals surface area contributed by atoms with Crippen molar-refractivity contribution >= 4 is 38.7 Å². The Morgan fingerprint density at radius 3 is 2.62 bits per heavy atom. The molecule has 8 heteroatoms. The Labute approximate surface area is 188 Å². The Kier molecular flexibility index (Phi) is 5.07. The van der Waals surface area contributed by atoms with Crippen LogP contribution in [0.25, 0.3) is 26.3 Å². The third kappa shape index (κ3) is 3.48. The Morgan fingerprint density at radius 1 is 1.09 bits per heavy atom. The number of nitrogens with one attached hydrogen (secondary N) is 1. The molecule has 0 aliphatic rings. The molecule has 0 saturated heterocycles. The molecule has 5 aromatic rings. The number of methoxy groups -OCH3 is 1. The first kappa shape index (κ1) is 20.1. The highest BCUT2D eigenvalue weighted by atomic mass is 32.1. The minimum absolute atomic E-state index is 0.223. The molecule has 1 amide bonds. The normalized spacial score (nSPS) is 11.2. The van der Waals surface area contributed by atoms with E-state index >= 15 is 0 Å². The average Bonchev–Trinajstić information content (AvgIpc) is 3.40. The number of amides is 1. The van der Waals surface area contributed by atoms with Gasteiger partial charge in [-0.25, -0.2) is 0 Å². The quantitative estimate of drug-likeness (QED) is 0.407. The second-order valence-electron chi connectivity index (χ2n) is 7.45. The van der Waals surface area contributed by atoms with Crippen LogP contribution in [0.2, 0.25) is 0 Å². The first-order chi connectivity index (χ1) is 15.6. The number of hydrogen-bond acceptors (Lipinski definition) is 6. The number of benzene rings is 3. The summed E-state index contributed by atoms with van der Waals surface area (Å²) in [4.78, 5) is 13.9. The number of aryl methyl sites for hydroxylation is 2. The first-order valence-corrected chi connectivity index (χ1v) is 11.1. The van der Waals surface area contributed by atoms with Crippen LogP contribution in [-0.4, -0.2) is 32.8 Å². The smallest absolute Gasteiger partial charge is 0.259 e. The molecule has 0 aliphatic heterocycles. The molecule has 0 fully saturated rings. The summed E-state index contributed by atoms with van der Waals surface area (Å²) in [7, 11) is 1.57. The van der Waals surface area contributed by atoms with Gasteiger partial charge in [0, 0.05) is 17.7 Å². The van der Waals surface area contributed by atoms with Crippen molar-refractivity contribution in [1.82, 2.24) is 19.8 Å². The van der Waals surface area contributed by atoms with Gasteiger partial charge in [0.1, 0.15) is 10.8 Å². The molecule has 3 aromatic carbocycles. The van der Waals surface area contributed by atoms with Crippen molar-refractivity contribution in [2.45, 2.75) is 20.3 Å². The van der Waals surface area contributed by atoms with Crippen LogP contribution in [0, 0.1) is 6.92 Å². The molecule has 2 aromatic heterocycles. The van der Waals surface area contributed by atoms with E-state index in [-0.39, 0.29) is 5.91 Å². The van der Waals surface area contributed by atoms with Crippen LogP contribution in [0.3, 0.4) is 0 Å². The zero-order chi connectivity index (χ0) is 22.2. The van der Waals surface area contributed by atoms with E-state index in [1.807, 2.05) is 68.4 Å². The number of carbonyl (C=O) groups is 1. The fourth-order valence-electron chi connectivity index (χ4n) is 3.64. The maximum absolute atomic E-state index is 13.2. The van der Waals surface area contributed by atoms with Crippen LogP contribution in [0.4, 0.5) is 5.69 Å². The van der Waals surface area contributed by atoms with Crippen LogP contribution >= 0.6 is 11.3 Å². The number of ether oxygens (including phenoxy) is 1. The van der Waals surface area contributed by atoms with E-state index in [9.17, 15) is 4.79 Å². The monoisotopic (exact) mass is 443 g/mol. The van der Waals surface area contributed by atoms with Gasteiger partial charge in [-0.05, 0) is 41.5 Å². The zero-order valence-corrected chi connectivity index (χ0v) is 18.7. The van der Waals surface area contributed by atoms with E-state index in [0.29, 0.717) is 11.3 Å². The third-order valence-electron chi connectivity index (χ3n) is 5.42. The van der Waals surface area contributed by atoms with Gasteiger partial charge in [-0.1, -0.05) is 54.7 Å². The number of nitrogens with zero attached hydrogens (tertiary/aromatic N) is 4. The van der Waals surface area contributed by atoms with E-state index in [4.69, 9.17) is 4.74 Å². The number of rotatable bonds is 5. The van der Waals surface area contributed by atoms with Gasteiger partial charge in [0.15, 0.2) is 5.82 Å². The molecule has 1 N–H and O–H groups in total. The number of fused-ring (bicyclic) bond motifs is 2. The molecule has 0 spiro atoms. The van der Waals surface area contributed by atoms with E-state index in [0.717, 1.165) is 49.8 Å². The van der Waals surface area contributed by atoms with Gasteiger partial charge >= 0.3 is 0 Å². The molecule has 5 rings (SSSR count). The van der Waals surface area contributed by atoms with E-state index < -0.39 is 0 Å². The lowest BCUT2D eigenvalue weighted by atomic mass is 10.0. The van der Waals surface area contributed by atoms with Crippen LogP contribution in [0.5, 0.6) is 5.75 Å². The molecule has 0 radical (unpaired) electrons. The SMILES string of the molecule is CCc1nnc2sc(-c3ccc(C)c(NC(=O)c4cc5ccccc5cc4OC)c3)nn12. The molecule has 0 saturated carbocycles. The fourth-order valence-corrected chi connectivity index (χ4v) is 4.49. The Morgan fingerprint density at radius 2 is 1.88 bits per heavy atom. The van der Waals surface area contributed by atoms with Gasteiger partial charge in [-0.2, -0.15) is 9.61 Å². The summed E-state index contributed by atoms with van der Waals surface area (Å²) in [6.45, 7) is 3.99. The lowest BCUT2D eigenvalue weighted by molar-refractivity contribution is 0.102. The van der Waals surface area contributed by atoms with Gasteiger partial charge in [0.25, 0.3) is 5.91 Å². The summed E-state index contributed by atoms with van der Waals surface area (Å²) >= 11 is 1.47. The predicted octanol–water partition coefficient (Wildman–Crippen LogP) is 5.14. The topological polar surface area (TPSA) is 81.4 Å². The van der Waals surface area contributed by atoms with Crippen LogP contribution in [0.1, 0.15) is 28.7 Å². The number of aromatic nitrogens is 4. The Bertz CT molecular complexity index is 1470. The fraction of sp³-hybridized carbons (Fsp3) is 0.167. The molecular weight excluding hydrogens is 422 g/mol. The van der Waals surface area contributed by atoms with Gasteiger partial charge in [-0.3, -0.25) is 4.79 Å². The van der Waals surface area contributed by atoms with Crippen molar-refractivity contribution in [3.63, 3.8) is 0 Å². The van der Waals surface area contributed by atoms with E-state index in [1.54, 1.807) is 11.6 Å². The van der Waals surface area contributed by atoms with Gasteiger partial charge in [-0.15, -0.1) is 10.2 Å². The summed E-state index contributed by atoms with van der Waals surface area (Å²) in [5.74, 6) is 1.14. The van der Waals surface area contributed by atoms with Crippen LogP contribution in [0.15, 0.2) is 54.6 Å². The minimum atomic E-state index is -0.223. The summed E-state index contributed by atoms with van der Waals surface area (Å²) in [6, 6.07) is 17.6. The van der Waals surface area contributed by atoms with Gasteiger partial charge in [0.05, 0.1) is 12.7 Å². The number of anilines is 1. The van der Waals surface area contributed by atoms with Crippen molar-refractivity contribution in [3.8, 4) is 16.3 Å². The molecule has 2 heterocycles. The maximum atomic E-state index is 13.2. The average molecular weight is 444 g/mol. The summed E-state index contributed by atoms with van der Waals surface area (Å²) in [6.07, 6.45) is 0.757. The molecular formula is C24H21N5O2S. The van der Waals surface area contributed by atoms with Crippen molar-refractivity contribution in [2.75, 3.05) is 12.4 Å². The van der Waals surface area contributed by atoms with E-state index in [2.05, 4.69) is 20.6 Å². The zero-order valence-electron chi connectivity index (χ0n) is 17.9. The minimum Gasteiger partial charge on any atom is -0.496 e. The lowest BCUT2D eigenvalue weighted by Crippen LogP contribution is -2.14. The molecule has 0 unspecified atom stereocenters. The lowest BCUT2D eigenvalue weighted by Gasteiger charge is -2.13. The van der Waals surface area contributed by atoms with Crippen molar-refractivity contribution in [3.05, 3.63) is 71.5 Å². The van der Waals surface area contributed by atoms with Crippen LogP contribution in [-0.2, 0) is 6.42 Å². The van der Waals surface area contributed by atoms with Crippen molar-refractivity contribution < 1.29 is 9.53 Å². The summed E-state index contributed by atoms with van der Waals surface area (Å²) < 4.78 is 7.27. The number of carbonyl (C=O) groups excluding carboxylic acids is 1. The highest BCUT2D eigenvalue weighted by Crippen LogP contribution is 2.31. The predicted molar refractivity (Wildman–Crippen MR) is 127 cm³/mol. The maximum Gasteiger partial charge on any atom is 0.259 e. The molecule has 0 bridgehead atoms. The standard InChI is InChI=1S/C24H21N5O2S/c1-4-21-26-27-24-29(21)28-23(32-24)17-10-9-14(2)19(12-17)25-22(30)18-11-15-7-5-6-8-16(15)13-20(18)31-3/h5-13H,4H2,1-3H3,(H,25,30). The van der Waals surface area contributed by atoms with Gasteiger partial charge in [0.2, 0.25) is 4.96 Å². The third-order valence-corrected chi connectivity index (χ3v) is 6.36. The molecule has 160 valence electrons. The van der Waals surface area contributed by atoms with Gasteiger partial charge < -0.3 is 10.1 Å². The number of hydrogen-bond donors (Lipinski definition) is 1.